The molecule has 6 aromatic heterocycles. The topological polar surface area (TPSA) is 208 Å². The van der Waals surface area contributed by atoms with E-state index in [9.17, 15) is 15.8 Å². The molecule has 0 spiro atoms. The van der Waals surface area contributed by atoms with Crippen LogP contribution in [0.5, 0.6) is 0 Å². The highest BCUT2D eigenvalue weighted by atomic mass is 16.2. The average molecular weight is 970 g/mol. The van der Waals surface area contributed by atoms with Crippen LogP contribution in [0.2, 0.25) is 0 Å². The van der Waals surface area contributed by atoms with E-state index in [1.807, 2.05) is 0 Å². The maximum Gasteiger partial charge on any atom is 0.302 e. The van der Waals surface area contributed by atoms with Crippen molar-refractivity contribution in [3.05, 3.63) is 90.0 Å². The molecule has 6 atom stereocenters. The lowest BCUT2D eigenvalue weighted by atomic mass is 9.92. The molecule has 0 bridgehead atoms. The van der Waals surface area contributed by atoms with E-state index in [4.69, 9.17) is 63.6 Å². The van der Waals surface area contributed by atoms with Crippen LogP contribution in [0.3, 0.4) is 0 Å². The Morgan fingerprint density at radius 3 is 1.32 bits per heavy atom. The largest absolute Gasteiger partial charge is 0.354 e. The fraction of sp³-hybridized carbons (Fsp3) is 0.500. The van der Waals surface area contributed by atoms with Gasteiger partial charge in [-0.1, -0.05) is 20.6 Å². The predicted molar refractivity (Wildman–Crippen MR) is 264 cm³/mol. The molecule has 3 amide bonds. The Morgan fingerprint density at radius 1 is 0.638 bits per heavy atom. The van der Waals surface area contributed by atoms with Crippen molar-refractivity contribution in [2.75, 3.05) is 94.3 Å². The van der Waals surface area contributed by atoms with Crippen molar-refractivity contribution in [1.29, 1.82) is 0 Å². The number of piperidine rings is 3. The van der Waals surface area contributed by atoms with Gasteiger partial charge >= 0.3 is 17.7 Å². The zero-order valence-corrected chi connectivity index (χ0v) is 36.1. The molecule has 3 N–H and O–H groups in total. The van der Waals surface area contributed by atoms with Crippen LogP contribution in [0.25, 0.3) is 47.6 Å². The number of hydrogen-bond acceptors (Lipinski definition) is 12. The van der Waals surface area contributed by atoms with Gasteiger partial charge in [-0.15, -0.1) is 0 Å². The fourth-order valence-electron chi connectivity index (χ4n) is 6.71. The second-order valence-corrected chi connectivity index (χ2v) is 14.3. The SMILES string of the molecule is [2H]c1nc(N(C([2H])([2H])[2H])[C@@]2([2H])C([2H])([2H])N(C(=O)C([2H])([2H])[N+]#[C-])CC[C@@]2([2H])C([2H])([2H])[2H])c2cc[nH]c2n1.[2H]c1nc(N(C([2H])([2H])[2H])[C@@]2([2H])C([2H])([2H])N(C(=O)C([2H])([2H])[N+]#[C-])CC[C@@]2([2H])C)c2cc[nH]c2n1.[2H]c1nc(N(C)[C@@]2([2H])C([2H])([2H])N(C(=O)C([2H])([2H])[N+]#[C-])CC[C@@]2([2H])C([2H])([2H])[2H])c2cc[nH]c2n1. The van der Waals surface area contributed by atoms with Gasteiger partial charge in [0.2, 0.25) is 0 Å². The average Bonchev–Trinajstić information content (AvgIpc) is 0.822. The van der Waals surface area contributed by atoms with Gasteiger partial charge in [-0.25, -0.2) is 49.6 Å². The van der Waals surface area contributed by atoms with E-state index in [2.05, 4.69) is 59.4 Å². The number of likely N-dealkylation sites (N-methyl/N-ethyl adjacent to an activating group) is 3. The maximum atomic E-state index is 12.8. The number of aromatic nitrogens is 9. The third-order valence-corrected chi connectivity index (χ3v) is 10.1. The second kappa shape index (κ2) is 22.3. The van der Waals surface area contributed by atoms with Gasteiger partial charge in [0.15, 0.2) is 0 Å². The van der Waals surface area contributed by atoms with E-state index < -0.39 is 190 Å². The van der Waals surface area contributed by atoms with E-state index in [0.29, 0.717) is 9.80 Å². The number of rotatable bonds is 9. The quantitative estimate of drug-likeness (QED) is 0.169. The number of aromatic amines is 3. The van der Waals surface area contributed by atoms with E-state index >= 15 is 0 Å². The minimum Gasteiger partial charge on any atom is -0.354 e. The van der Waals surface area contributed by atoms with Crippen LogP contribution in [0.4, 0.5) is 17.5 Å². The summed E-state index contributed by atoms with van der Waals surface area (Å²) >= 11 is 0. The molecule has 3 aliphatic rings. The van der Waals surface area contributed by atoms with Crippen LogP contribution in [0.1, 0.15) is 85.1 Å². The number of carbonyl (C=O) groups excluding carboxylic acids is 3. The molecule has 9 rings (SSSR count). The Balaban J connectivity index is 0.000000215. The smallest absolute Gasteiger partial charge is 0.302 e. The van der Waals surface area contributed by atoms with Crippen molar-refractivity contribution in [3.63, 3.8) is 0 Å². The minimum absolute atomic E-state index is 0.0396. The molecule has 21 nitrogen and oxygen atoms in total. The van der Waals surface area contributed by atoms with Crippen molar-refractivity contribution >= 4 is 68.3 Å². The molecule has 69 heavy (non-hydrogen) atoms. The summed E-state index contributed by atoms with van der Waals surface area (Å²) in [7, 11) is 1.12. The van der Waals surface area contributed by atoms with Crippen LogP contribution in [0, 0.1) is 37.4 Å². The molecule has 0 saturated carbocycles. The number of likely N-dealkylation sites (tertiary alicyclic amines) is 3. The highest BCUT2D eigenvalue weighted by Crippen LogP contribution is 2.31. The number of amides is 3. The van der Waals surface area contributed by atoms with Crippen LogP contribution in [0.15, 0.2) is 55.7 Å². The second-order valence-electron chi connectivity index (χ2n) is 14.3. The summed E-state index contributed by atoms with van der Waals surface area (Å²) in [5, 5.41) is 0.112. The fourth-order valence-corrected chi connectivity index (χ4v) is 6.71. The van der Waals surface area contributed by atoms with Crippen LogP contribution < -0.4 is 14.7 Å². The molecule has 6 aromatic rings. The normalized spacial score (nSPS) is 38.1. The molecular formula is C48H60N18O3. The first-order valence-corrected chi connectivity index (χ1v) is 20.0. The van der Waals surface area contributed by atoms with Gasteiger partial charge in [0.05, 0.1) is 46.5 Å². The van der Waals surface area contributed by atoms with Gasteiger partial charge in [-0.2, -0.15) is 0 Å². The monoisotopic (exact) mass is 970 g/mol. The predicted octanol–water partition coefficient (Wildman–Crippen LogP) is 4.65. The summed E-state index contributed by atoms with van der Waals surface area (Å²) in [5.41, 5.74) is 0.0997. The summed E-state index contributed by atoms with van der Waals surface area (Å²) < 4.78 is 272. The molecular weight excluding hydrogens is 877 g/mol. The molecule has 0 radical (unpaired) electrons. The number of anilines is 3. The first kappa shape index (κ1) is 22.1. The Morgan fingerprint density at radius 2 is 0.971 bits per heavy atom. The number of nitrogens with zero attached hydrogens (tertiary/aromatic N) is 15. The third kappa shape index (κ3) is 11.0. The number of H-pyrrole nitrogens is 3. The van der Waals surface area contributed by atoms with Crippen molar-refractivity contribution in [2.45, 2.75) is 57.9 Å². The molecule has 0 unspecified atom stereocenters. The lowest BCUT2D eigenvalue weighted by Gasteiger charge is -2.41. The molecule has 360 valence electrons. The Kier molecular flexibility index (Phi) is 7.12. The van der Waals surface area contributed by atoms with Gasteiger partial charge in [0.1, 0.15) is 65.6 Å². The maximum absolute atomic E-state index is 12.8. The summed E-state index contributed by atoms with van der Waals surface area (Å²) in [6.45, 7) is -13.6. The lowest BCUT2D eigenvalue weighted by Crippen LogP contribution is -2.53. The number of hydrogen-bond donors (Lipinski definition) is 3. The van der Waals surface area contributed by atoms with Gasteiger partial charge in [0, 0.05) is 99.3 Å². The van der Waals surface area contributed by atoms with Crippen LogP contribution >= 0.6 is 0 Å². The molecule has 9 heterocycles. The van der Waals surface area contributed by atoms with E-state index in [-0.39, 0.29) is 53.6 Å². The molecule has 0 aliphatic carbocycles. The van der Waals surface area contributed by atoms with E-state index in [0.717, 1.165) is 18.9 Å². The Labute approximate surface area is 448 Å². The Bertz CT molecular complexity index is 4330. The molecule has 21 heteroatoms. The number of carbonyl (C=O) groups is 3. The zero-order valence-electron chi connectivity index (χ0n) is 69.1. The summed E-state index contributed by atoms with van der Waals surface area (Å²) in [5.74, 6) is -14.7. The first-order chi connectivity index (χ1) is 46.0. The first-order valence-electron chi connectivity index (χ1n) is 36.5. The van der Waals surface area contributed by atoms with Crippen molar-refractivity contribution in [1.82, 2.24) is 59.6 Å². The minimum atomic E-state index is -3.70. The molecule has 3 aliphatic heterocycles. The summed E-state index contributed by atoms with van der Waals surface area (Å²) in [4.78, 5) is 78.7. The number of nitrogens with one attached hydrogen (secondary N) is 3. The van der Waals surface area contributed by atoms with Gasteiger partial charge < -0.3 is 58.9 Å². The van der Waals surface area contributed by atoms with Gasteiger partial charge in [-0.05, 0) is 55.1 Å². The Hall–Kier alpha value is -7.86. The molecule has 0 aromatic carbocycles. The molecule has 3 fully saturated rings. The van der Waals surface area contributed by atoms with Gasteiger partial charge in [-0.3, -0.25) is 14.4 Å². The van der Waals surface area contributed by atoms with E-state index in [1.165, 1.54) is 36.8 Å². The van der Waals surface area contributed by atoms with Crippen LogP contribution in [-0.2, 0) is 14.4 Å². The summed E-state index contributed by atoms with van der Waals surface area (Å²) in [6, 6.07) is -5.79. The summed E-state index contributed by atoms with van der Waals surface area (Å²) in [6.07, 6.45) is 0.0931. The van der Waals surface area contributed by atoms with Crippen molar-refractivity contribution in [2.24, 2.45) is 17.7 Å². The molecule has 3 saturated heterocycles. The van der Waals surface area contributed by atoms with Crippen molar-refractivity contribution in [3.8, 4) is 0 Å². The third-order valence-electron chi connectivity index (χ3n) is 10.1. The zero-order chi connectivity index (χ0) is 78.1. The highest BCUT2D eigenvalue weighted by molar-refractivity contribution is 5.89. The number of fused-ring (bicyclic) bond motifs is 3. The van der Waals surface area contributed by atoms with Gasteiger partial charge in [0.25, 0.3) is 19.5 Å². The lowest BCUT2D eigenvalue weighted by molar-refractivity contribution is -0.131. The van der Waals surface area contributed by atoms with E-state index in [1.54, 1.807) is 0 Å². The standard InChI is InChI=1S/3C16H20N6O/c3*1-11-5-7-22(14(23)8-17-2)9-13(11)21(3)16-12-4-6-18-15(12)19-10-20-16/h3*4,6,10-11,13H,5,7-9H2,1,3H3,(H,18,19,20)/t3*11-,13+/m111/s1/i1D3,3D3,8D2,9D2,10D,11D,13D;3D3,8D2,9D2,10D,11D,13D;1D3,8D2,9D2,10D,11D,13D. The highest BCUT2D eigenvalue weighted by Gasteiger charge is 2.36. The van der Waals surface area contributed by atoms with Crippen molar-refractivity contribution < 1.29 is 59.6 Å². The van der Waals surface area contributed by atoms with Crippen LogP contribution in [-0.4, -0.2) is 175 Å².